The Labute approximate surface area is 122 Å². The van der Waals surface area contributed by atoms with Crippen LogP contribution in [0.25, 0.3) is 0 Å². The van der Waals surface area contributed by atoms with Gasteiger partial charge in [-0.3, -0.25) is 4.79 Å². The van der Waals surface area contributed by atoms with Gasteiger partial charge in [-0.15, -0.1) is 0 Å². The van der Waals surface area contributed by atoms with Crippen molar-refractivity contribution in [1.82, 2.24) is 0 Å². The molecule has 0 unspecified atom stereocenters. The number of amides is 1. The fourth-order valence-corrected chi connectivity index (χ4v) is 1.82. The summed E-state index contributed by atoms with van der Waals surface area (Å²) < 4.78 is 5.03. The molecule has 2 N–H and O–H groups in total. The number of benzene rings is 2. The number of methoxy groups -OCH3 is 1. The lowest BCUT2D eigenvalue weighted by molar-refractivity contribution is 0.102. The molecule has 5 nitrogen and oxygen atoms in total. The Bertz CT molecular complexity index is 688. The third-order valence-electron chi connectivity index (χ3n) is 2.94. The fourth-order valence-electron chi connectivity index (χ4n) is 1.82. The third kappa shape index (κ3) is 3.51. The zero-order chi connectivity index (χ0) is 15.2. The second kappa shape index (κ2) is 6.44. The number of carbonyl (C=O) groups excluding carboxylic acids is 1. The number of rotatable bonds is 4. The fraction of sp³-hybridized carbons (Fsp3) is 0.125. The van der Waals surface area contributed by atoms with Crippen LogP contribution in [0.1, 0.15) is 15.9 Å². The molecule has 106 valence electrons. The van der Waals surface area contributed by atoms with E-state index in [1.165, 1.54) is 19.2 Å². The first-order chi connectivity index (χ1) is 10.1. The van der Waals surface area contributed by atoms with Crippen LogP contribution in [-0.2, 0) is 6.42 Å². The van der Waals surface area contributed by atoms with Crippen LogP contribution in [0.3, 0.4) is 0 Å². The number of anilines is 1. The van der Waals surface area contributed by atoms with Crippen molar-refractivity contribution in [2.45, 2.75) is 6.42 Å². The smallest absolute Gasteiger partial charge is 0.259 e. The third-order valence-corrected chi connectivity index (χ3v) is 2.94. The van der Waals surface area contributed by atoms with Crippen molar-refractivity contribution in [2.75, 3.05) is 12.4 Å². The van der Waals surface area contributed by atoms with E-state index in [4.69, 9.17) is 10.00 Å². The summed E-state index contributed by atoms with van der Waals surface area (Å²) in [5, 5.41) is 21.0. The molecule has 0 aliphatic carbocycles. The quantitative estimate of drug-likeness (QED) is 0.903. The van der Waals surface area contributed by atoms with Crippen molar-refractivity contribution < 1.29 is 14.6 Å². The number of nitrogens with zero attached hydrogens (tertiary/aromatic N) is 1. The number of aromatic hydroxyl groups is 1. The number of phenolic OH excluding ortho intramolecular Hbond substituents is 1. The van der Waals surface area contributed by atoms with Gasteiger partial charge in [0.2, 0.25) is 0 Å². The first-order valence-corrected chi connectivity index (χ1v) is 6.28. The molecule has 0 saturated carbocycles. The predicted molar refractivity (Wildman–Crippen MR) is 78.4 cm³/mol. The average Bonchev–Trinajstić information content (AvgIpc) is 2.50. The summed E-state index contributed by atoms with van der Waals surface area (Å²) in [5.74, 6) is -0.0591. The lowest BCUT2D eigenvalue weighted by atomic mass is 10.1. The summed E-state index contributed by atoms with van der Waals surface area (Å²) in [6.07, 6.45) is 0.324. The normalized spacial score (nSPS) is 9.71. The minimum absolute atomic E-state index is 0.116. The van der Waals surface area contributed by atoms with E-state index in [0.29, 0.717) is 17.9 Å². The van der Waals surface area contributed by atoms with Gasteiger partial charge in [0, 0.05) is 5.69 Å². The van der Waals surface area contributed by atoms with Crippen molar-refractivity contribution in [3.05, 3.63) is 53.6 Å². The molecule has 0 aromatic heterocycles. The molecule has 0 aliphatic heterocycles. The van der Waals surface area contributed by atoms with Crippen molar-refractivity contribution in [3.8, 4) is 17.6 Å². The Morgan fingerprint density at radius 2 is 2.00 bits per heavy atom. The van der Waals surface area contributed by atoms with Crippen LogP contribution in [-0.4, -0.2) is 18.1 Å². The molecule has 0 heterocycles. The number of hydrogen-bond acceptors (Lipinski definition) is 4. The minimum atomic E-state index is -0.431. The van der Waals surface area contributed by atoms with Gasteiger partial charge in [0.25, 0.3) is 5.91 Å². The van der Waals surface area contributed by atoms with Crippen LogP contribution in [0, 0.1) is 11.3 Å². The van der Waals surface area contributed by atoms with Gasteiger partial charge >= 0.3 is 0 Å². The zero-order valence-corrected chi connectivity index (χ0v) is 11.5. The summed E-state index contributed by atoms with van der Waals surface area (Å²) in [7, 11) is 1.49. The summed E-state index contributed by atoms with van der Waals surface area (Å²) in [6, 6.07) is 13.5. The largest absolute Gasteiger partial charge is 0.507 e. The lowest BCUT2D eigenvalue weighted by Crippen LogP contribution is -2.12. The van der Waals surface area contributed by atoms with Crippen LogP contribution in [0.4, 0.5) is 5.69 Å². The topological polar surface area (TPSA) is 82.3 Å². The van der Waals surface area contributed by atoms with E-state index in [1.807, 2.05) is 0 Å². The first-order valence-electron chi connectivity index (χ1n) is 6.28. The van der Waals surface area contributed by atoms with Crippen molar-refractivity contribution in [2.24, 2.45) is 0 Å². The van der Waals surface area contributed by atoms with Gasteiger partial charge in [-0.2, -0.15) is 5.26 Å². The van der Waals surface area contributed by atoms with Crippen LogP contribution in [0.2, 0.25) is 0 Å². The number of nitrogens with one attached hydrogen (secondary N) is 1. The van der Waals surface area contributed by atoms with E-state index in [-0.39, 0.29) is 11.3 Å². The van der Waals surface area contributed by atoms with Gasteiger partial charge in [0.1, 0.15) is 11.5 Å². The SMILES string of the molecule is COc1ccc(O)c(C(=O)Nc2ccc(CC#N)cc2)c1. The molecular weight excluding hydrogens is 268 g/mol. The van der Waals surface area contributed by atoms with Gasteiger partial charge in [0.05, 0.1) is 25.2 Å². The highest BCUT2D eigenvalue weighted by Gasteiger charge is 2.12. The van der Waals surface area contributed by atoms with Crippen LogP contribution >= 0.6 is 0 Å². The second-order valence-corrected chi connectivity index (χ2v) is 4.37. The summed E-state index contributed by atoms with van der Waals surface area (Å²) in [6.45, 7) is 0. The van der Waals surface area contributed by atoms with E-state index in [2.05, 4.69) is 11.4 Å². The molecule has 5 heteroatoms. The average molecular weight is 282 g/mol. The van der Waals surface area contributed by atoms with E-state index in [9.17, 15) is 9.90 Å². The maximum absolute atomic E-state index is 12.1. The van der Waals surface area contributed by atoms with Gasteiger partial charge in [-0.25, -0.2) is 0 Å². The van der Waals surface area contributed by atoms with Crippen LogP contribution < -0.4 is 10.1 Å². The minimum Gasteiger partial charge on any atom is -0.507 e. The van der Waals surface area contributed by atoms with E-state index >= 15 is 0 Å². The van der Waals surface area contributed by atoms with E-state index < -0.39 is 5.91 Å². The number of ether oxygens (including phenoxy) is 1. The van der Waals surface area contributed by atoms with Gasteiger partial charge in [0.15, 0.2) is 0 Å². The van der Waals surface area contributed by atoms with Crippen molar-refractivity contribution in [3.63, 3.8) is 0 Å². The van der Waals surface area contributed by atoms with Crippen LogP contribution in [0.5, 0.6) is 11.5 Å². The molecule has 0 bridgehead atoms. The van der Waals surface area contributed by atoms with E-state index in [0.717, 1.165) is 5.56 Å². The Kier molecular flexibility index (Phi) is 4.42. The number of hydrogen-bond donors (Lipinski definition) is 2. The maximum Gasteiger partial charge on any atom is 0.259 e. The molecule has 2 aromatic rings. The highest BCUT2D eigenvalue weighted by molar-refractivity contribution is 6.06. The maximum atomic E-state index is 12.1. The molecule has 0 aliphatic rings. The highest BCUT2D eigenvalue weighted by Crippen LogP contribution is 2.24. The highest BCUT2D eigenvalue weighted by atomic mass is 16.5. The molecule has 2 rings (SSSR count). The van der Waals surface area contributed by atoms with Gasteiger partial charge in [-0.05, 0) is 35.9 Å². The molecule has 0 saturated heterocycles. The van der Waals surface area contributed by atoms with Gasteiger partial charge in [-0.1, -0.05) is 12.1 Å². The lowest BCUT2D eigenvalue weighted by Gasteiger charge is -2.09. The predicted octanol–water partition coefficient (Wildman–Crippen LogP) is 2.72. The van der Waals surface area contributed by atoms with Crippen LogP contribution in [0.15, 0.2) is 42.5 Å². The molecule has 0 atom stereocenters. The molecule has 1 amide bonds. The molecule has 0 fully saturated rings. The molecule has 2 aromatic carbocycles. The Morgan fingerprint density at radius 1 is 1.29 bits per heavy atom. The summed E-state index contributed by atoms with van der Waals surface area (Å²) in [4.78, 5) is 12.1. The van der Waals surface area contributed by atoms with Crippen molar-refractivity contribution in [1.29, 1.82) is 5.26 Å². The van der Waals surface area contributed by atoms with E-state index in [1.54, 1.807) is 30.3 Å². The molecule has 0 radical (unpaired) electrons. The number of carbonyl (C=O) groups is 1. The first kappa shape index (κ1) is 14.4. The standard InChI is InChI=1S/C16H14N2O3/c1-21-13-6-7-15(19)14(10-13)16(20)18-12-4-2-11(3-5-12)8-9-17/h2-7,10,19H,8H2,1H3,(H,18,20). The monoisotopic (exact) mass is 282 g/mol. The summed E-state index contributed by atoms with van der Waals surface area (Å²) >= 11 is 0. The summed E-state index contributed by atoms with van der Waals surface area (Å²) in [5.41, 5.74) is 1.60. The molecule has 21 heavy (non-hydrogen) atoms. The Morgan fingerprint density at radius 3 is 2.62 bits per heavy atom. The Hall–Kier alpha value is -3.00. The second-order valence-electron chi connectivity index (χ2n) is 4.37. The van der Waals surface area contributed by atoms with Crippen molar-refractivity contribution >= 4 is 11.6 Å². The Balaban J connectivity index is 2.16. The zero-order valence-electron chi connectivity index (χ0n) is 11.5. The molecular formula is C16H14N2O3. The number of nitriles is 1. The van der Waals surface area contributed by atoms with Gasteiger partial charge < -0.3 is 15.2 Å². The number of phenols is 1. The molecule has 0 spiro atoms.